The van der Waals surface area contributed by atoms with Crippen molar-refractivity contribution in [2.24, 2.45) is 0 Å². The lowest BCUT2D eigenvalue weighted by Crippen LogP contribution is -1.84. The number of para-hydroxylation sites is 1. The van der Waals surface area contributed by atoms with Gasteiger partial charge >= 0.3 is 0 Å². The predicted octanol–water partition coefficient (Wildman–Crippen LogP) is 5.22. The first-order valence-electron chi connectivity index (χ1n) is 5.99. The molecule has 0 radical (unpaired) electrons. The maximum atomic E-state index is 6.23. The molecule has 0 unspecified atom stereocenters. The largest absolute Gasteiger partial charge is 0.230 e. The number of hydrogen-bond donors (Lipinski definition) is 0. The second kappa shape index (κ2) is 5.88. The van der Waals surface area contributed by atoms with Crippen LogP contribution in [0.3, 0.4) is 0 Å². The van der Waals surface area contributed by atoms with Crippen LogP contribution in [0.15, 0.2) is 46.8 Å². The predicted molar refractivity (Wildman–Crippen MR) is 88.6 cm³/mol. The molecular formula is C16H10ClNS2. The Labute approximate surface area is 131 Å². The number of nitrogens with zero attached hydrogens (tertiary/aromatic N) is 1. The first-order valence-corrected chi connectivity index (χ1v) is 8.17. The summed E-state index contributed by atoms with van der Waals surface area (Å²) >= 11 is 9.63. The Morgan fingerprint density at radius 2 is 2.10 bits per heavy atom. The van der Waals surface area contributed by atoms with Crippen LogP contribution in [0.2, 0.25) is 5.02 Å². The van der Waals surface area contributed by atoms with E-state index < -0.39 is 0 Å². The molecule has 0 aliphatic rings. The summed E-state index contributed by atoms with van der Waals surface area (Å²) in [6.45, 7) is 0. The fraction of sp³-hybridized carbons (Fsp3) is 0.0625. The molecule has 0 saturated carbocycles. The van der Waals surface area contributed by atoms with Crippen LogP contribution in [-0.4, -0.2) is 4.98 Å². The van der Waals surface area contributed by atoms with Crippen LogP contribution in [0, 0.1) is 12.3 Å². The van der Waals surface area contributed by atoms with Gasteiger partial charge in [0.1, 0.15) is 0 Å². The van der Waals surface area contributed by atoms with Gasteiger partial charge in [0.2, 0.25) is 0 Å². The van der Waals surface area contributed by atoms with Crippen molar-refractivity contribution >= 4 is 44.9 Å². The van der Waals surface area contributed by atoms with E-state index in [4.69, 9.17) is 18.0 Å². The molecular weight excluding hydrogens is 306 g/mol. The van der Waals surface area contributed by atoms with Crippen LogP contribution in [0.5, 0.6) is 0 Å². The summed E-state index contributed by atoms with van der Waals surface area (Å²) in [5.74, 6) is 3.38. The van der Waals surface area contributed by atoms with Crippen molar-refractivity contribution in [3.63, 3.8) is 0 Å². The number of rotatable bonds is 3. The molecule has 1 aromatic heterocycles. The molecule has 0 fully saturated rings. The van der Waals surface area contributed by atoms with E-state index in [0.29, 0.717) is 5.02 Å². The number of halogens is 1. The zero-order valence-corrected chi connectivity index (χ0v) is 12.9. The van der Waals surface area contributed by atoms with Gasteiger partial charge in [-0.15, -0.1) is 17.8 Å². The van der Waals surface area contributed by atoms with E-state index in [9.17, 15) is 0 Å². The van der Waals surface area contributed by atoms with E-state index in [1.54, 1.807) is 23.1 Å². The fourth-order valence-electron chi connectivity index (χ4n) is 1.81. The average molecular weight is 316 g/mol. The van der Waals surface area contributed by atoms with Gasteiger partial charge in [-0.3, -0.25) is 0 Å². The van der Waals surface area contributed by atoms with E-state index in [-0.39, 0.29) is 0 Å². The molecule has 0 amide bonds. The number of terminal acetylenes is 1. The Morgan fingerprint density at radius 3 is 2.85 bits per heavy atom. The van der Waals surface area contributed by atoms with Crippen LogP contribution in [0.25, 0.3) is 10.2 Å². The van der Waals surface area contributed by atoms with Crippen molar-refractivity contribution in [1.29, 1.82) is 0 Å². The Balaban J connectivity index is 1.77. The van der Waals surface area contributed by atoms with E-state index in [2.05, 4.69) is 17.0 Å². The number of hydrogen-bond acceptors (Lipinski definition) is 3. The standard InChI is InChI=1S/C16H10ClNS2/c1-2-11-7-8-12(13(17)9-11)10-19-16-18-14-5-3-4-6-15(14)20-16/h1,3-9H,10H2. The third-order valence-electron chi connectivity index (χ3n) is 2.85. The maximum Gasteiger partial charge on any atom is 0.151 e. The minimum atomic E-state index is 0.717. The SMILES string of the molecule is C#Cc1ccc(CSc2nc3ccccc3s2)c(Cl)c1. The summed E-state index contributed by atoms with van der Waals surface area (Å²) in [6.07, 6.45) is 5.35. The molecule has 1 heterocycles. The number of aromatic nitrogens is 1. The molecule has 98 valence electrons. The molecule has 0 bridgehead atoms. The summed E-state index contributed by atoms with van der Waals surface area (Å²) in [7, 11) is 0. The van der Waals surface area contributed by atoms with Crippen LogP contribution in [-0.2, 0) is 5.75 Å². The molecule has 0 atom stereocenters. The first-order chi connectivity index (χ1) is 9.76. The zero-order chi connectivity index (χ0) is 13.9. The number of fused-ring (bicyclic) bond motifs is 1. The molecule has 0 saturated heterocycles. The second-order valence-electron chi connectivity index (χ2n) is 4.19. The van der Waals surface area contributed by atoms with Crippen molar-refractivity contribution in [1.82, 2.24) is 4.98 Å². The second-order valence-corrected chi connectivity index (χ2v) is 6.85. The van der Waals surface area contributed by atoms with Gasteiger partial charge in [0.15, 0.2) is 4.34 Å². The molecule has 0 N–H and O–H groups in total. The fourth-order valence-corrected chi connectivity index (χ4v) is 4.21. The molecule has 0 spiro atoms. The van der Waals surface area contributed by atoms with Crippen molar-refractivity contribution in [3.05, 3.63) is 58.6 Å². The highest BCUT2D eigenvalue weighted by Crippen LogP contribution is 2.32. The third kappa shape index (κ3) is 2.83. The Morgan fingerprint density at radius 1 is 1.25 bits per heavy atom. The summed E-state index contributed by atoms with van der Waals surface area (Å²) in [5.41, 5.74) is 2.94. The zero-order valence-electron chi connectivity index (χ0n) is 10.5. The first kappa shape index (κ1) is 13.5. The lowest BCUT2D eigenvalue weighted by Gasteiger charge is -2.03. The highest BCUT2D eigenvalue weighted by atomic mass is 35.5. The van der Waals surface area contributed by atoms with Crippen LogP contribution >= 0.6 is 34.7 Å². The van der Waals surface area contributed by atoms with E-state index >= 15 is 0 Å². The highest BCUT2D eigenvalue weighted by Gasteiger charge is 2.06. The number of benzene rings is 2. The van der Waals surface area contributed by atoms with Gasteiger partial charge in [0.05, 0.1) is 10.2 Å². The quantitative estimate of drug-likeness (QED) is 0.485. The molecule has 0 aliphatic carbocycles. The van der Waals surface area contributed by atoms with Gasteiger partial charge in [0, 0.05) is 16.3 Å². The van der Waals surface area contributed by atoms with E-state index in [1.165, 1.54) is 4.70 Å². The average Bonchev–Trinajstić information content (AvgIpc) is 2.88. The van der Waals surface area contributed by atoms with Gasteiger partial charge < -0.3 is 0 Å². The van der Waals surface area contributed by atoms with Crippen molar-refractivity contribution < 1.29 is 0 Å². The molecule has 3 aromatic rings. The normalized spacial score (nSPS) is 10.6. The molecule has 1 nitrogen and oxygen atoms in total. The third-order valence-corrected chi connectivity index (χ3v) is 5.43. The van der Waals surface area contributed by atoms with Crippen molar-refractivity contribution in [2.45, 2.75) is 10.1 Å². The molecule has 3 rings (SSSR count). The van der Waals surface area contributed by atoms with Crippen LogP contribution < -0.4 is 0 Å². The monoisotopic (exact) mass is 315 g/mol. The minimum absolute atomic E-state index is 0.717. The van der Waals surface area contributed by atoms with E-state index in [0.717, 1.165) is 26.7 Å². The van der Waals surface area contributed by atoms with Gasteiger partial charge in [-0.1, -0.05) is 47.5 Å². The number of thioether (sulfide) groups is 1. The van der Waals surface area contributed by atoms with Crippen LogP contribution in [0.1, 0.15) is 11.1 Å². The summed E-state index contributed by atoms with van der Waals surface area (Å²) < 4.78 is 2.27. The Hall–Kier alpha value is -1.47. The molecule has 2 aromatic carbocycles. The lowest BCUT2D eigenvalue weighted by atomic mass is 10.2. The van der Waals surface area contributed by atoms with Crippen LogP contribution in [0.4, 0.5) is 0 Å². The Kier molecular flexibility index (Phi) is 3.98. The van der Waals surface area contributed by atoms with Gasteiger partial charge in [-0.2, -0.15) is 0 Å². The Bertz CT molecular complexity index is 769. The molecule has 4 heteroatoms. The highest BCUT2D eigenvalue weighted by molar-refractivity contribution is 8.00. The molecule has 20 heavy (non-hydrogen) atoms. The summed E-state index contributed by atoms with van der Waals surface area (Å²) in [6, 6.07) is 13.9. The lowest BCUT2D eigenvalue weighted by molar-refractivity contribution is 1.29. The summed E-state index contributed by atoms with van der Waals surface area (Å²) in [4.78, 5) is 4.60. The maximum absolute atomic E-state index is 6.23. The van der Waals surface area contributed by atoms with Crippen molar-refractivity contribution in [2.75, 3.05) is 0 Å². The smallest absolute Gasteiger partial charge is 0.151 e. The molecule has 0 aliphatic heterocycles. The topological polar surface area (TPSA) is 12.9 Å². The van der Waals surface area contributed by atoms with Crippen molar-refractivity contribution in [3.8, 4) is 12.3 Å². The summed E-state index contributed by atoms with van der Waals surface area (Å²) in [5, 5.41) is 0.717. The van der Waals surface area contributed by atoms with Gasteiger partial charge in [-0.05, 0) is 29.8 Å². The van der Waals surface area contributed by atoms with Gasteiger partial charge in [0.25, 0.3) is 0 Å². The van der Waals surface area contributed by atoms with Gasteiger partial charge in [-0.25, -0.2) is 4.98 Å². The minimum Gasteiger partial charge on any atom is -0.230 e. The number of thiazole rings is 1. The van der Waals surface area contributed by atoms with E-state index in [1.807, 2.05) is 36.4 Å².